The van der Waals surface area contributed by atoms with Crippen LogP contribution in [0.2, 0.25) is 0 Å². The molecule has 1 aliphatic heterocycles. The van der Waals surface area contributed by atoms with Crippen molar-refractivity contribution in [1.29, 1.82) is 0 Å². The Kier molecular flexibility index (Phi) is 4.45. The fourth-order valence-electron chi connectivity index (χ4n) is 3.04. The largest absolute Gasteiger partial charge is 0.394 e. The van der Waals surface area contributed by atoms with Crippen molar-refractivity contribution in [3.05, 3.63) is 0 Å². The third-order valence-electron chi connectivity index (χ3n) is 4.87. The van der Waals surface area contributed by atoms with Gasteiger partial charge in [-0.25, -0.2) is 0 Å². The molecule has 0 amide bonds. The highest BCUT2D eigenvalue weighted by molar-refractivity contribution is 5.13. The molecule has 5 unspecified atom stereocenters. The zero-order valence-electron chi connectivity index (χ0n) is 12.1. The first-order valence-corrected chi connectivity index (χ1v) is 6.45. The molecular weight excluding hydrogens is 234 g/mol. The van der Waals surface area contributed by atoms with Gasteiger partial charge in [0.2, 0.25) is 0 Å². The molecule has 1 heterocycles. The van der Waals surface area contributed by atoms with E-state index in [0.29, 0.717) is 6.42 Å². The van der Waals surface area contributed by atoms with Crippen molar-refractivity contribution < 1.29 is 19.7 Å². The maximum atomic E-state index is 10.9. The lowest BCUT2D eigenvalue weighted by Gasteiger charge is -2.59. The van der Waals surface area contributed by atoms with Crippen LogP contribution in [0.5, 0.6) is 0 Å². The highest BCUT2D eigenvalue weighted by atomic mass is 16.6. The second kappa shape index (κ2) is 5.06. The molecule has 0 aliphatic carbocycles. The summed E-state index contributed by atoms with van der Waals surface area (Å²) < 4.78 is 11.1. The summed E-state index contributed by atoms with van der Waals surface area (Å²) in [7, 11) is 1.57. The molecule has 5 heteroatoms. The summed E-state index contributed by atoms with van der Waals surface area (Å²) in [6.07, 6.45) is 0.208. The molecule has 1 rings (SSSR count). The predicted octanol–water partition coefficient (Wildman–Crippen LogP) is 0.277. The molecule has 0 spiro atoms. The topological polar surface area (TPSA) is 84.9 Å². The first kappa shape index (κ1) is 15.9. The number of hydrogen-bond acceptors (Lipinski definition) is 5. The highest BCUT2D eigenvalue weighted by Gasteiger charge is 2.61. The minimum Gasteiger partial charge on any atom is -0.394 e. The van der Waals surface area contributed by atoms with E-state index in [1.807, 2.05) is 20.8 Å². The molecule has 0 radical (unpaired) electrons. The number of rotatable bonds is 4. The smallest absolute Gasteiger partial charge is 0.107 e. The van der Waals surface area contributed by atoms with E-state index < -0.39 is 28.8 Å². The fourth-order valence-corrected chi connectivity index (χ4v) is 3.04. The summed E-state index contributed by atoms with van der Waals surface area (Å²) in [6.45, 7) is 7.53. The average Bonchev–Trinajstić information content (AvgIpc) is 2.32. The summed E-state index contributed by atoms with van der Waals surface area (Å²) in [4.78, 5) is 0. The molecule has 1 fully saturated rings. The van der Waals surface area contributed by atoms with Crippen LogP contribution in [0, 0.1) is 5.41 Å². The lowest BCUT2D eigenvalue weighted by Crippen LogP contribution is -2.75. The quantitative estimate of drug-likeness (QED) is 0.677. The number of hydrogen-bond donors (Lipinski definition) is 3. The van der Waals surface area contributed by atoms with Crippen LogP contribution >= 0.6 is 0 Å². The van der Waals surface area contributed by atoms with Crippen LogP contribution in [0.3, 0.4) is 0 Å². The Balaban J connectivity index is 3.19. The van der Waals surface area contributed by atoms with E-state index in [1.165, 1.54) is 0 Å². The van der Waals surface area contributed by atoms with Gasteiger partial charge >= 0.3 is 0 Å². The second-order valence-corrected chi connectivity index (χ2v) is 5.93. The lowest BCUT2D eigenvalue weighted by atomic mass is 9.60. The van der Waals surface area contributed by atoms with Crippen LogP contribution in [0.1, 0.15) is 34.1 Å². The number of nitrogens with two attached hydrogens (primary N) is 1. The molecule has 4 N–H and O–H groups in total. The van der Waals surface area contributed by atoms with E-state index in [9.17, 15) is 10.2 Å². The van der Waals surface area contributed by atoms with Gasteiger partial charge in [0.05, 0.1) is 31.0 Å². The van der Waals surface area contributed by atoms with Crippen molar-refractivity contribution in [2.45, 2.75) is 57.5 Å². The van der Waals surface area contributed by atoms with Gasteiger partial charge in [-0.2, -0.15) is 0 Å². The first-order valence-electron chi connectivity index (χ1n) is 6.45. The summed E-state index contributed by atoms with van der Waals surface area (Å²) >= 11 is 0. The zero-order chi connectivity index (χ0) is 14.2. The fraction of sp³-hybridized carbons (Fsp3) is 1.00. The molecule has 1 saturated heterocycles. The average molecular weight is 261 g/mol. The van der Waals surface area contributed by atoms with Crippen molar-refractivity contribution in [1.82, 2.24) is 0 Å². The lowest BCUT2D eigenvalue weighted by molar-refractivity contribution is -0.286. The Labute approximate surface area is 109 Å². The molecule has 0 saturated carbocycles. The molecule has 0 bridgehead atoms. The summed E-state index contributed by atoms with van der Waals surface area (Å²) in [6, 6.07) is -0.585. The van der Waals surface area contributed by atoms with Crippen molar-refractivity contribution >= 4 is 0 Å². The van der Waals surface area contributed by atoms with Crippen LogP contribution in [0.15, 0.2) is 0 Å². The Morgan fingerprint density at radius 1 is 1.33 bits per heavy atom. The van der Waals surface area contributed by atoms with Crippen LogP contribution in [0.25, 0.3) is 0 Å². The van der Waals surface area contributed by atoms with E-state index in [-0.39, 0.29) is 13.2 Å². The minimum absolute atomic E-state index is 0.146. The van der Waals surface area contributed by atoms with E-state index in [2.05, 4.69) is 0 Å². The second-order valence-electron chi connectivity index (χ2n) is 5.93. The Hall–Kier alpha value is -0.200. The normalized spacial score (nSPS) is 49.3. The molecule has 0 aromatic rings. The molecule has 18 heavy (non-hydrogen) atoms. The molecule has 108 valence electrons. The van der Waals surface area contributed by atoms with Crippen molar-refractivity contribution in [3.63, 3.8) is 0 Å². The SMILES string of the molecule is CCC1(C)C(CO)OC(C)(COC)C(N)C1(C)O. The zero-order valence-corrected chi connectivity index (χ0v) is 12.1. The third-order valence-corrected chi connectivity index (χ3v) is 4.87. The minimum atomic E-state index is -1.14. The Bertz CT molecular complexity index is 297. The van der Waals surface area contributed by atoms with Gasteiger partial charge in [-0.15, -0.1) is 0 Å². The summed E-state index contributed by atoms with van der Waals surface area (Å²) in [5.41, 5.74) is 3.68. The number of aliphatic hydroxyl groups excluding tert-OH is 1. The predicted molar refractivity (Wildman–Crippen MR) is 69.2 cm³/mol. The van der Waals surface area contributed by atoms with Gasteiger partial charge in [0.25, 0.3) is 0 Å². The van der Waals surface area contributed by atoms with Crippen LogP contribution in [0.4, 0.5) is 0 Å². The maximum Gasteiger partial charge on any atom is 0.107 e. The molecule has 5 atom stereocenters. The van der Waals surface area contributed by atoms with Crippen LogP contribution in [-0.2, 0) is 9.47 Å². The maximum absolute atomic E-state index is 10.9. The molecule has 1 aliphatic rings. The summed E-state index contributed by atoms with van der Waals surface area (Å²) in [5, 5.41) is 20.4. The van der Waals surface area contributed by atoms with Crippen molar-refractivity contribution in [2.75, 3.05) is 20.3 Å². The van der Waals surface area contributed by atoms with Crippen molar-refractivity contribution in [2.24, 2.45) is 11.1 Å². The van der Waals surface area contributed by atoms with Crippen LogP contribution in [-0.4, -0.2) is 53.9 Å². The van der Waals surface area contributed by atoms with E-state index in [4.69, 9.17) is 15.2 Å². The van der Waals surface area contributed by atoms with Gasteiger partial charge < -0.3 is 25.4 Å². The van der Waals surface area contributed by atoms with E-state index >= 15 is 0 Å². The number of methoxy groups -OCH3 is 1. The van der Waals surface area contributed by atoms with E-state index in [1.54, 1.807) is 14.0 Å². The van der Waals surface area contributed by atoms with Gasteiger partial charge in [-0.3, -0.25) is 0 Å². The van der Waals surface area contributed by atoms with Crippen LogP contribution < -0.4 is 5.73 Å². The summed E-state index contributed by atoms with van der Waals surface area (Å²) in [5.74, 6) is 0. The van der Waals surface area contributed by atoms with Gasteiger partial charge in [-0.05, 0) is 20.3 Å². The standard InChI is InChI=1S/C13H27NO4/c1-6-11(2)9(7-15)18-12(3,8-17-5)10(14)13(11,4)16/h9-10,15-16H,6-8,14H2,1-5H3. The highest BCUT2D eigenvalue weighted by Crippen LogP contribution is 2.49. The van der Waals surface area contributed by atoms with Gasteiger partial charge in [0.15, 0.2) is 0 Å². The monoisotopic (exact) mass is 261 g/mol. The Morgan fingerprint density at radius 3 is 2.28 bits per heavy atom. The van der Waals surface area contributed by atoms with Gasteiger partial charge in [-0.1, -0.05) is 13.8 Å². The number of aliphatic hydroxyl groups is 2. The van der Waals surface area contributed by atoms with Crippen molar-refractivity contribution in [3.8, 4) is 0 Å². The Morgan fingerprint density at radius 2 is 1.89 bits per heavy atom. The first-order chi connectivity index (χ1) is 8.19. The molecule has 0 aromatic heterocycles. The molecule has 5 nitrogen and oxygen atoms in total. The third kappa shape index (κ3) is 2.08. The van der Waals surface area contributed by atoms with Gasteiger partial charge in [0.1, 0.15) is 5.60 Å². The molecule has 0 aromatic carbocycles. The number of ether oxygens (including phenoxy) is 2. The van der Waals surface area contributed by atoms with Gasteiger partial charge in [0, 0.05) is 12.5 Å². The molecular formula is C13H27NO4. The van der Waals surface area contributed by atoms with E-state index in [0.717, 1.165) is 0 Å².